The SMILES string of the molecule is CC(C)CNCc1ccnn1C(C)C.Cl. The normalized spacial score (nSPS) is 10.8. The largest absolute Gasteiger partial charge is 0.311 e. The van der Waals surface area contributed by atoms with E-state index in [0.29, 0.717) is 12.0 Å². The van der Waals surface area contributed by atoms with Crippen LogP contribution in [0.4, 0.5) is 0 Å². The Morgan fingerprint density at radius 1 is 1.33 bits per heavy atom. The van der Waals surface area contributed by atoms with E-state index in [4.69, 9.17) is 0 Å². The molecule has 0 fully saturated rings. The number of nitrogens with one attached hydrogen (secondary N) is 1. The molecule has 0 aliphatic rings. The Morgan fingerprint density at radius 2 is 2.00 bits per heavy atom. The van der Waals surface area contributed by atoms with Gasteiger partial charge < -0.3 is 5.32 Å². The van der Waals surface area contributed by atoms with E-state index in [9.17, 15) is 0 Å². The van der Waals surface area contributed by atoms with Crippen molar-refractivity contribution < 1.29 is 0 Å². The lowest BCUT2D eigenvalue weighted by Gasteiger charge is -2.12. The standard InChI is InChI=1S/C11H21N3.ClH/c1-9(2)7-12-8-11-5-6-13-14(11)10(3)4;/h5-6,9-10,12H,7-8H2,1-4H3;1H. The van der Waals surface area contributed by atoms with E-state index in [-0.39, 0.29) is 12.4 Å². The van der Waals surface area contributed by atoms with Gasteiger partial charge in [0, 0.05) is 18.8 Å². The monoisotopic (exact) mass is 231 g/mol. The van der Waals surface area contributed by atoms with Gasteiger partial charge >= 0.3 is 0 Å². The van der Waals surface area contributed by atoms with Gasteiger partial charge in [0.05, 0.1) is 5.69 Å². The average molecular weight is 232 g/mol. The second kappa shape index (κ2) is 6.85. The Morgan fingerprint density at radius 3 is 2.53 bits per heavy atom. The first-order chi connectivity index (χ1) is 6.61. The molecule has 1 aromatic rings. The zero-order valence-electron chi connectivity index (χ0n) is 10.0. The molecular formula is C11H22ClN3. The van der Waals surface area contributed by atoms with Gasteiger partial charge in [-0.25, -0.2) is 0 Å². The van der Waals surface area contributed by atoms with Crippen molar-refractivity contribution >= 4 is 12.4 Å². The first-order valence-electron chi connectivity index (χ1n) is 5.34. The number of hydrogen-bond donors (Lipinski definition) is 1. The lowest BCUT2D eigenvalue weighted by atomic mass is 10.2. The molecule has 0 saturated heterocycles. The highest BCUT2D eigenvalue weighted by molar-refractivity contribution is 5.85. The quantitative estimate of drug-likeness (QED) is 0.845. The van der Waals surface area contributed by atoms with Crippen LogP contribution in [0.5, 0.6) is 0 Å². The summed E-state index contributed by atoms with van der Waals surface area (Å²) in [5, 5.41) is 7.71. The van der Waals surface area contributed by atoms with Crippen LogP contribution in [0, 0.1) is 5.92 Å². The smallest absolute Gasteiger partial charge is 0.0525 e. The van der Waals surface area contributed by atoms with Crippen LogP contribution in [-0.4, -0.2) is 16.3 Å². The Balaban J connectivity index is 0.00000196. The highest BCUT2D eigenvalue weighted by Gasteiger charge is 2.04. The van der Waals surface area contributed by atoms with Crippen LogP contribution >= 0.6 is 12.4 Å². The molecule has 0 aliphatic heterocycles. The first kappa shape index (κ1) is 14.5. The van der Waals surface area contributed by atoms with Gasteiger partial charge in [-0.3, -0.25) is 4.68 Å². The van der Waals surface area contributed by atoms with E-state index in [1.54, 1.807) is 0 Å². The second-order valence-electron chi connectivity index (χ2n) is 4.39. The van der Waals surface area contributed by atoms with E-state index < -0.39 is 0 Å². The van der Waals surface area contributed by atoms with Crippen molar-refractivity contribution in [1.29, 1.82) is 0 Å². The summed E-state index contributed by atoms with van der Waals surface area (Å²) >= 11 is 0. The molecule has 0 spiro atoms. The molecule has 1 N–H and O–H groups in total. The van der Waals surface area contributed by atoms with E-state index >= 15 is 0 Å². The predicted octanol–water partition coefficient (Wildman–Crippen LogP) is 2.63. The molecule has 3 nitrogen and oxygen atoms in total. The predicted molar refractivity (Wildman–Crippen MR) is 66.4 cm³/mol. The molecule has 1 aromatic heterocycles. The maximum atomic E-state index is 4.29. The minimum Gasteiger partial charge on any atom is -0.311 e. The zero-order valence-corrected chi connectivity index (χ0v) is 10.8. The summed E-state index contributed by atoms with van der Waals surface area (Å²) in [7, 11) is 0. The van der Waals surface area contributed by atoms with Gasteiger partial charge in [-0.1, -0.05) is 13.8 Å². The fourth-order valence-electron chi connectivity index (χ4n) is 1.44. The van der Waals surface area contributed by atoms with E-state index in [0.717, 1.165) is 13.1 Å². The van der Waals surface area contributed by atoms with Crippen molar-refractivity contribution in [2.45, 2.75) is 40.3 Å². The van der Waals surface area contributed by atoms with E-state index in [1.807, 2.05) is 6.20 Å². The lowest BCUT2D eigenvalue weighted by molar-refractivity contribution is 0.481. The van der Waals surface area contributed by atoms with Crippen LogP contribution < -0.4 is 5.32 Å². The highest BCUT2D eigenvalue weighted by Crippen LogP contribution is 2.07. The fourth-order valence-corrected chi connectivity index (χ4v) is 1.44. The average Bonchev–Trinajstić information content (AvgIpc) is 2.51. The summed E-state index contributed by atoms with van der Waals surface area (Å²) < 4.78 is 2.06. The molecule has 0 saturated carbocycles. The first-order valence-corrected chi connectivity index (χ1v) is 5.34. The third-order valence-electron chi connectivity index (χ3n) is 2.10. The molecule has 0 atom stereocenters. The minimum atomic E-state index is 0. The van der Waals surface area contributed by atoms with Crippen molar-refractivity contribution in [2.24, 2.45) is 5.92 Å². The van der Waals surface area contributed by atoms with Gasteiger partial charge in [-0.05, 0) is 32.4 Å². The van der Waals surface area contributed by atoms with Crippen molar-refractivity contribution in [3.05, 3.63) is 18.0 Å². The minimum absolute atomic E-state index is 0. The summed E-state index contributed by atoms with van der Waals surface area (Å²) in [5.74, 6) is 0.699. The van der Waals surface area contributed by atoms with Crippen LogP contribution in [0.15, 0.2) is 12.3 Å². The van der Waals surface area contributed by atoms with Crippen molar-refractivity contribution in [2.75, 3.05) is 6.54 Å². The van der Waals surface area contributed by atoms with Crippen LogP contribution in [0.1, 0.15) is 39.4 Å². The maximum absolute atomic E-state index is 4.29. The molecule has 88 valence electrons. The molecular weight excluding hydrogens is 210 g/mol. The van der Waals surface area contributed by atoms with Crippen molar-refractivity contribution in [1.82, 2.24) is 15.1 Å². The topological polar surface area (TPSA) is 29.9 Å². The molecule has 1 heterocycles. The second-order valence-corrected chi connectivity index (χ2v) is 4.39. The molecule has 4 heteroatoms. The van der Waals surface area contributed by atoms with Crippen molar-refractivity contribution in [3.8, 4) is 0 Å². The Hall–Kier alpha value is -0.540. The molecule has 1 rings (SSSR count). The van der Waals surface area contributed by atoms with Gasteiger partial charge in [0.15, 0.2) is 0 Å². The highest BCUT2D eigenvalue weighted by atomic mass is 35.5. The number of nitrogens with zero attached hydrogens (tertiary/aromatic N) is 2. The molecule has 15 heavy (non-hydrogen) atoms. The third kappa shape index (κ3) is 4.67. The Bertz CT molecular complexity index is 269. The number of aromatic nitrogens is 2. The molecule has 0 bridgehead atoms. The molecule has 0 amide bonds. The maximum Gasteiger partial charge on any atom is 0.0525 e. The lowest BCUT2D eigenvalue weighted by Crippen LogP contribution is -2.21. The Kier molecular flexibility index (Phi) is 6.61. The van der Waals surface area contributed by atoms with Gasteiger partial charge in [0.2, 0.25) is 0 Å². The number of halogens is 1. The van der Waals surface area contributed by atoms with Gasteiger partial charge in [-0.15, -0.1) is 12.4 Å². The summed E-state index contributed by atoms with van der Waals surface area (Å²) in [6.45, 7) is 10.7. The number of hydrogen-bond acceptors (Lipinski definition) is 2. The van der Waals surface area contributed by atoms with E-state index in [1.165, 1.54) is 5.69 Å². The molecule has 0 unspecified atom stereocenters. The molecule has 0 aromatic carbocycles. The summed E-state index contributed by atoms with van der Waals surface area (Å²) in [4.78, 5) is 0. The van der Waals surface area contributed by atoms with Crippen LogP contribution in [-0.2, 0) is 6.54 Å². The third-order valence-corrected chi connectivity index (χ3v) is 2.10. The van der Waals surface area contributed by atoms with Crippen LogP contribution in [0.25, 0.3) is 0 Å². The summed E-state index contributed by atoms with van der Waals surface area (Å²) in [5.41, 5.74) is 1.26. The summed E-state index contributed by atoms with van der Waals surface area (Å²) in [6, 6.07) is 2.52. The number of rotatable bonds is 5. The zero-order chi connectivity index (χ0) is 10.6. The van der Waals surface area contributed by atoms with Gasteiger partial charge in [0.25, 0.3) is 0 Å². The fraction of sp³-hybridized carbons (Fsp3) is 0.727. The van der Waals surface area contributed by atoms with Crippen molar-refractivity contribution in [3.63, 3.8) is 0 Å². The van der Waals surface area contributed by atoms with E-state index in [2.05, 4.69) is 48.9 Å². The Labute approximate surface area is 98.7 Å². The van der Waals surface area contributed by atoms with Gasteiger partial charge in [0.1, 0.15) is 0 Å². The summed E-state index contributed by atoms with van der Waals surface area (Å²) in [6.07, 6.45) is 1.87. The molecule has 0 aliphatic carbocycles. The van der Waals surface area contributed by atoms with Gasteiger partial charge in [-0.2, -0.15) is 5.10 Å². The van der Waals surface area contributed by atoms with Crippen LogP contribution in [0.2, 0.25) is 0 Å². The van der Waals surface area contributed by atoms with Crippen LogP contribution in [0.3, 0.4) is 0 Å². The molecule has 0 radical (unpaired) electrons.